The Hall–Kier alpha value is -1.77. The number of nitrogens with one attached hydrogen (secondary N) is 1. The minimum absolute atomic E-state index is 0.446. The van der Waals surface area contributed by atoms with Crippen LogP contribution in [0.5, 0.6) is 0 Å². The molecular weight excluding hydrogens is 210 g/mol. The van der Waals surface area contributed by atoms with Crippen LogP contribution in [-0.2, 0) is 6.54 Å². The normalized spacial score (nSPS) is 10.8. The number of aromatic nitrogens is 2. The van der Waals surface area contributed by atoms with Crippen LogP contribution in [0.3, 0.4) is 0 Å². The van der Waals surface area contributed by atoms with Gasteiger partial charge in [0, 0.05) is 24.1 Å². The summed E-state index contributed by atoms with van der Waals surface area (Å²) in [5, 5.41) is 0. The molecule has 0 amide bonds. The molecule has 3 nitrogen and oxygen atoms in total. The van der Waals surface area contributed by atoms with Gasteiger partial charge in [0.1, 0.15) is 5.82 Å². The Morgan fingerprint density at radius 3 is 2.76 bits per heavy atom. The van der Waals surface area contributed by atoms with Gasteiger partial charge < -0.3 is 9.88 Å². The van der Waals surface area contributed by atoms with Gasteiger partial charge in [0.25, 0.3) is 0 Å². The first kappa shape index (κ1) is 11.7. The number of imidazole rings is 1. The summed E-state index contributed by atoms with van der Waals surface area (Å²) in [6.07, 6.45) is 3.66. The molecule has 0 aliphatic carbocycles. The highest BCUT2D eigenvalue weighted by Gasteiger charge is 2.12. The molecule has 0 unspecified atom stereocenters. The first-order valence-corrected chi connectivity index (χ1v) is 5.98. The molecule has 0 atom stereocenters. The molecule has 0 radical (unpaired) electrons. The second-order valence-electron chi connectivity index (χ2n) is 4.60. The maximum absolute atomic E-state index is 4.29. The fourth-order valence-electron chi connectivity index (χ4n) is 1.92. The zero-order chi connectivity index (χ0) is 12.3. The molecule has 1 aromatic carbocycles. The number of rotatable bonds is 4. The van der Waals surface area contributed by atoms with Crippen molar-refractivity contribution in [3.63, 3.8) is 0 Å². The highest BCUT2D eigenvalue weighted by molar-refractivity contribution is 5.49. The zero-order valence-corrected chi connectivity index (χ0v) is 10.6. The summed E-state index contributed by atoms with van der Waals surface area (Å²) in [6, 6.07) is 9.03. The van der Waals surface area contributed by atoms with Gasteiger partial charge in [-0.3, -0.25) is 0 Å². The van der Waals surface area contributed by atoms with Crippen LogP contribution in [0, 0.1) is 6.92 Å². The second-order valence-corrected chi connectivity index (χ2v) is 4.60. The molecular formula is C14H19N3. The Morgan fingerprint density at radius 2 is 2.18 bits per heavy atom. The standard InChI is InChI=1S/C14H19N3/c1-11(2)17(10-14-15-7-8-16-14)13-6-4-5-12(3)9-13/h4-9,11H,10H2,1-3H3,(H,15,16). The first-order valence-electron chi connectivity index (χ1n) is 5.98. The Kier molecular flexibility index (Phi) is 3.47. The van der Waals surface area contributed by atoms with Crippen molar-refractivity contribution in [1.29, 1.82) is 0 Å². The molecule has 17 heavy (non-hydrogen) atoms. The van der Waals surface area contributed by atoms with Crippen LogP contribution in [0.1, 0.15) is 25.2 Å². The third-order valence-corrected chi connectivity index (χ3v) is 2.83. The van der Waals surface area contributed by atoms with Gasteiger partial charge in [-0.15, -0.1) is 0 Å². The molecule has 1 aromatic heterocycles. The Labute approximate surface area is 103 Å². The van der Waals surface area contributed by atoms with Gasteiger partial charge in [-0.25, -0.2) is 4.98 Å². The average Bonchev–Trinajstić information content (AvgIpc) is 2.78. The lowest BCUT2D eigenvalue weighted by Crippen LogP contribution is -2.30. The fraction of sp³-hybridized carbons (Fsp3) is 0.357. The number of anilines is 1. The van der Waals surface area contributed by atoms with Crippen molar-refractivity contribution in [1.82, 2.24) is 9.97 Å². The lowest BCUT2D eigenvalue weighted by molar-refractivity contribution is 0.666. The van der Waals surface area contributed by atoms with Crippen molar-refractivity contribution in [3.8, 4) is 0 Å². The van der Waals surface area contributed by atoms with E-state index in [-0.39, 0.29) is 0 Å². The van der Waals surface area contributed by atoms with Crippen LogP contribution < -0.4 is 4.90 Å². The van der Waals surface area contributed by atoms with Crippen LogP contribution in [0.2, 0.25) is 0 Å². The number of nitrogens with zero attached hydrogens (tertiary/aromatic N) is 2. The lowest BCUT2D eigenvalue weighted by Gasteiger charge is -2.28. The zero-order valence-electron chi connectivity index (χ0n) is 10.6. The summed E-state index contributed by atoms with van der Waals surface area (Å²) in [7, 11) is 0. The smallest absolute Gasteiger partial charge is 0.125 e. The van der Waals surface area contributed by atoms with E-state index in [9.17, 15) is 0 Å². The van der Waals surface area contributed by atoms with E-state index < -0.39 is 0 Å². The van der Waals surface area contributed by atoms with Crippen LogP contribution in [0.15, 0.2) is 36.7 Å². The molecule has 0 bridgehead atoms. The van der Waals surface area contributed by atoms with Crippen molar-refractivity contribution in [3.05, 3.63) is 48.0 Å². The van der Waals surface area contributed by atoms with Gasteiger partial charge in [-0.2, -0.15) is 0 Å². The predicted octanol–water partition coefficient (Wildman–Crippen LogP) is 3.13. The summed E-state index contributed by atoms with van der Waals surface area (Å²) >= 11 is 0. The van der Waals surface area contributed by atoms with Gasteiger partial charge >= 0.3 is 0 Å². The number of H-pyrrole nitrogens is 1. The number of aromatic amines is 1. The lowest BCUT2D eigenvalue weighted by atomic mass is 10.2. The number of hydrogen-bond acceptors (Lipinski definition) is 2. The number of hydrogen-bond donors (Lipinski definition) is 1. The van der Waals surface area contributed by atoms with Crippen molar-refractivity contribution in [2.45, 2.75) is 33.4 Å². The predicted molar refractivity (Wildman–Crippen MR) is 71.1 cm³/mol. The molecule has 2 aromatic rings. The molecule has 1 N–H and O–H groups in total. The minimum atomic E-state index is 0.446. The summed E-state index contributed by atoms with van der Waals surface area (Å²) in [5.41, 5.74) is 2.53. The largest absolute Gasteiger partial charge is 0.362 e. The fourth-order valence-corrected chi connectivity index (χ4v) is 1.92. The van der Waals surface area contributed by atoms with Gasteiger partial charge in [-0.05, 0) is 38.5 Å². The van der Waals surface area contributed by atoms with Gasteiger partial charge in [0.05, 0.1) is 6.54 Å². The van der Waals surface area contributed by atoms with Gasteiger partial charge in [0.15, 0.2) is 0 Å². The molecule has 0 aliphatic rings. The Bertz CT molecular complexity index is 460. The molecule has 0 fully saturated rings. The van der Waals surface area contributed by atoms with Crippen molar-refractivity contribution in [2.24, 2.45) is 0 Å². The topological polar surface area (TPSA) is 31.9 Å². The molecule has 3 heteroatoms. The van der Waals surface area contributed by atoms with Gasteiger partial charge in [-0.1, -0.05) is 12.1 Å². The molecule has 0 spiro atoms. The van der Waals surface area contributed by atoms with Gasteiger partial charge in [0.2, 0.25) is 0 Å². The maximum Gasteiger partial charge on any atom is 0.125 e. The molecule has 1 heterocycles. The van der Waals surface area contributed by atoms with E-state index >= 15 is 0 Å². The molecule has 90 valence electrons. The summed E-state index contributed by atoms with van der Waals surface area (Å²) in [6.45, 7) is 7.33. The SMILES string of the molecule is Cc1cccc(N(Cc2ncc[nH]2)C(C)C)c1. The molecule has 0 saturated heterocycles. The van der Waals surface area contributed by atoms with E-state index in [2.05, 4.69) is 59.9 Å². The van der Waals surface area contributed by atoms with Crippen LogP contribution in [0.4, 0.5) is 5.69 Å². The first-order chi connectivity index (χ1) is 8.16. The molecule has 2 rings (SSSR count). The van der Waals surface area contributed by atoms with Crippen LogP contribution >= 0.6 is 0 Å². The van der Waals surface area contributed by atoms with Crippen molar-refractivity contribution < 1.29 is 0 Å². The van der Waals surface area contributed by atoms with E-state index in [1.54, 1.807) is 6.20 Å². The van der Waals surface area contributed by atoms with Crippen LogP contribution in [0.25, 0.3) is 0 Å². The minimum Gasteiger partial charge on any atom is -0.362 e. The Morgan fingerprint density at radius 1 is 1.35 bits per heavy atom. The van der Waals surface area contributed by atoms with Crippen molar-refractivity contribution >= 4 is 5.69 Å². The molecule has 0 saturated carbocycles. The van der Waals surface area contributed by atoms with Crippen molar-refractivity contribution in [2.75, 3.05) is 4.90 Å². The van der Waals surface area contributed by atoms with E-state index in [0.717, 1.165) is 12.4 Å². The highest BCUT2D eigenvalue weighted by atomic mass is 15.2. The number of aryl methyl sites for hydroxylation is 1. The summed E-state index contributed by atoms with van der Waals surface area (Å²) in [5.74, 6) is 1.00. The summed E-state index contributed by atoms with van der Waals surface area (Å²) < 4.78 is 0. The summed E-state index contributed by atoms with van der Waals surface area (Å²) in [4.78, 5) is 9.78. The Balaban J connectivity index is 2.23. The maximum atomic E-state index is 4.29. The monoisotopic (exact) mass is 229 g/mol. The number of benzene rings is 1. The third kappa shape index (κ3) is 2.87. The molecule has 0 aliphatic heterocycles. The van der Waals surface area contributed by atoms with E-state index in [0.29, 0.717) is 6.04 Å². The van der Waals surface area contributed by atoms with E-state index in [1.165, 1.54) is 11.3 Å². The van der Waals surface area contributed by atoms with E-state index in [4.69, 9.17) is 0 Å². The highest BCUT2D eigenvalue weighted by Crippen LogP contribution is 2.20. The quantitative estimate of drug-likeness (QED) is 0.873. The average molecular weight is 229 g/mol. The van der Waals surface area contributed by atoms with E-state index in [1.807, 2.05) is 6.20 Å². The third-order valence-electron chi connectivity index (χ3n) is 2.83. The second kappa shape index (κ2) is 5.04. The van der Waals surface area contributed by atoms with Crippen LogP contribution in [-0.4, -0.2) is 16.0 Å².